The Morgan fingerprint density at radius 3 is 2.13 bits per heavy atom. The number of fused-ring (bicyclic) bond motifs is 3. The Bertz CT molecular complexity index is 965. The molecule has 0 bridgehead atoms. The zero-order chi connectivity index (χ0) is 22.0. The molecule has 0 saturated heterocycles. The van der Waals surface area contributed by atoms with Crippen LogP contribution in [0.4, 0.5) is 4.79 Å². The van der Waals surface area contributed by atoms with Gasteiger partial charge in [-0.05, 0) is 47.9 Å². The smallest absolute Gasteiger partial charge is 0.408 e. The molecule has 2 aromatic carbocycles. The number of carboxylic acid groups (broad SMARTS) is 1. The SMILES string of the molecule is CCOC(=O)CC1CC(NC(=O)OCC2c3ccccc3-c3ccccc32)(C(=O)O)C1. The summed E-state index contributed by atoms with van der Waals surface area (Å²) in [6.07, 6.45) is -0.273. The van der Waals surface area contributed by atoms with Gasteiger partial charge in [0.25, 0.3) is 0 Å². The lowest BCUT2D eigenvalue weighted by atomic mass is 9.67. The number of rotatable bonds is 7. The summed E-state index contributed by atoms with van der Waals surface area (Å²) in [4.78, 5) is 35.9. The molecule has 2 N–H and O–H groups in total. The van der Waals surface area contributed by atoms with Crippen LogP contribution in [0.2, 0.25) is 0 Å². The quantitative estimate of drug-likeness (QED) is 0.658. The van der Waals surface area contributed by atoms with E-state index in [1.807, 2.05) is 48.5 Å². The first kappa shape index (κ1) is 20.9. The van der Waals surface area contributed by atoms with Gasteiger partial charge < -0.3 is 19.9 Å². The Morgan fingerprint density at radius 2 is 1.58 bits per heavy atom. The van der Waals surface area contributed by atoms with E-state index in [1.165, 1.54) is 0 Å². The van der Waals surface area contributed by atoms with Gasteiger partial charge in [-0.15, -0.1) is 0 Å². The summed E-state index contributed by atoms with van der Waals surface area (Å²) in [5, 5.41) is 12.2. The molecule has 0 radical (unpaired) electrons. The van der Waals surface area contributed by atoms with Crippen molar-refractivity contribution < 1.29 is 29.0 Å². The number of alkyl carbamates (subject to hydrolysis) is 1. The maximum atomic E-state index is 12.5. The molecule has 4 rings (SSSR count). The third kappa shape index (κ3) is 4.00. The molecule has 162 valence electrons. The number of ether oxygens (including phenoxy) is 2. The van der Waals surface area contributed by atoms with Crippen molar-refractivity contribution in [3.8, 4) is 11.1 Å². The summed E-state index contributed by atoms with van der Waals surface area (Å²) in [6.45, 7) is 2.12. The highest BCUT2D eigenvalue weighted by Gasteiger charge is 2.52. The van der Waals surface area contributed by atoms with Crippen molar-refractivity contribution in [2.24, 2.45) is 5.92 Å². The lowest BCUT2D eigenvalue weighted by Gasteiger charge is -2.43. The standard InChI is InChI=1S/C24H25NO6/c1-2-30-21(26)11-15-12-24(13-15,22(27)28)25-23(29)31-14-20-18-9-5-3-7-16(18)17-8-4-6-10-19(17)20/h3-10,15,20H,2,11-14H2,1H3,(H,25,29)(H,27,28). The average Bonchev–Trinajstić information content (AvgIpc) is 3.04. The molecule has 1 fully saturated rings. The minimum absolute atomic E-state index is 0.100. The molecule has 0 spiro atoms. The molecule has 0 aromatic heterocycles. The van der Waals surface area contributed by atoms with Gasteiger partial charge >= 0.3 is 18.0 Å². The van der Waals surface area contributed by atoms with Crippen LogP contribution >= 0.6 is 0 Å². The number of aliphatic carboxylic acids is 1. The van der Waals surface area contributed by atoms with Crippen molar-refractivity contribution in [3.63, 3.8) is 0 Å². The van der Waals surface area contributed by atoms with Crippen molar-refractivity contribution in [1.82, 2.24) is 5.32 Å². The van der Waals surface area contributed by atoms with Gasteiger partial charge in [0.2, 0.25) is 0 Å². The second-order valence-corrected chi connectivity index (χ2v) is 8.12. The molecule has 1 amide bonds. The number of hydrogen-bond acceptors (Lipinski definition) is 5. The molecule has 31 heavy (non-hydrogen) atoms. The van der Waals surface area contributed by atoms with Crippen LogP contribution in [-0.2, 0) is 19.1 Å². The molecule has 0 unspecified atom stereocenters. The third-order valence-electron chi connectivity index (χ3n) is 6.13. The second kappa shape index (κ2) is 8.41. The summed E-state index contributed by atoms with van der Waals surface area (Å²) in [5.74, 6) is -1.71. The van der Waals surface area contributed by atoms with Crippen molar-refractivity contribution in [3.05, 3.63) is 59.7 Å². The Labute approximate surface area is 180 Å². The van der Waals surface area contributed by atoms with Gasteiger partial charge in [-0.3, -0.25) is 4.79 Å². The van der Waals surface area contributed by atoms with Gasteiger partial charge in [0.05, 0.1) is 6.61 Å². The first-order valence-corrected chi connectivity index (χ1v) is 10.5. The van der Waals surface area contributed by atoms with Gasteiger partial charge in [-0.1, -0.05) is 48.5 Å². The molecule has 2 aromatic rings. The van der Waals surface area contributed by atoms with Crippen molar-refractivity contribution in [2.45, 2.75) is 37.6 Å². The molecule has 7 heteroatoms. The number of carbonyl (C=O) groups is 3. The van der Waals surface area contributed by atoms with Crippen LogP contribution in [-0.4, -0.2) is 41.9 Å². The minimum atomic E-state index is -1.40. The molecule has 0 aliphatic heterocycles. The fourth-order valence-corrected chi connectivity index (χ4v) is 4.69. The molecule has 0 atom stereocenters. The summed E-state index contributed by atoms with van der Waals surface area (Å²) in [6, 6.07) is 16.0. The van der Waals surface area contributed by atoms with Crippen molar-refractivity contribution >= 4 is 18.0 Å². The predicted octanol–water partition coefficient (Wildman–Crippen LogP) is 3.71. The maximum absolute atomic E-state index is 12.5. The summed E-state index contributed by atoms with van der Waals surface area (Å²) in [5.41, 5.74) is 3.01. The fraction of sp³-hybridized carbons (Fsp3) is 0.375. The van der Waals surface area contributed by atoms with E-state index in [1.54, 1.807) is 6.92 Å². The number of hydrogen-bond donors (Lipinski definition) is 2. The predicted molar refractivity (Wildman–Crippen MR) is 113 cm³/mol. The monoisotopic (exact) mass is 423 g/mol. The molecule has 2 aliphatic carbocycles. The molecular weight excluding hydrogens is 398 g/mol. The molecule has 0 heterocycles. The average molecular weight is 423 g/mol. The topological polar surface area (TPSA) is 102 Å². The van der Waals surface area contributed by atoms with E-state index in [0.29, 0.717) is 0 Å². The maximum Gasteiger partial charge on any atom is 0.408 e. The highest BCUT2D eigenvalue weighted by atomic mass is 16.5. The lowest BCUT2D eigenvalue weighted by molar-refractivity contribution is -0.155. The molecular formula is C24H25NO6. The van der Waals surface area contributed by atoms with E-state index in [0.717, 1.165) is 22.3 Å². The highest BCUT2D eigenvalue weighted by molar-refractivity contribution is 5.86. The zero-order valence-electron chi connectivity index (χ0n) is 17.3. The summed E-state index contributed by atoms with van der Waals surface area (Å²) >= 11 is 0. The number of amides is 1. The fourth-order valence-electron chi connectivity index (χ4n) is 4.69. The Morgan fingerprint density at radius 1 is 1.00 bits per heavy atom. The normalized spacial score (nSPS) is 21.4. The van der Waals surface area contributed by atoms with Crippen molar-refractivity contribution in [2.75, 3.05) is 13.2 Å². The van der Waals surface area contributed by atoms with Crippen LogP contribution in [0.25, 0.3) is 11.1 Å². The van der Waals surface area contributed by atoms with Gasteiger partial charge in [0.1, 0.15) is 12.1 Å². The largest absolute Gasteiger partial charge is 0.480 e. The van der Waals surface area contributed by atoms with Gasteiger partial charge in [0.15, 0.2) is 0 Å². The number of benzene rings is 2. The van der Waals surface area contributed by atoms with Crippen molar-refractivity contribution in [1.29, 1.82) is 0 Å². The Kier molecular flexibility index (Phi) is 5.67. The van der Waals surface area contributed by atoms with E-state index in [9.17, 15) is 19.5 Å². The van der Waals surface area contributed by atoms with E-state index in [-0.39, 0.29) is 50.3 Å². The van der Waals surface area contributed by atoms with Gasteiger partial charge in [-0.2, -0.15) is 0 Å². The van der Waals surface area contributed by atoms with E-state index in [2.05, 4.69) is 5.32 Å². The first-order chi connectivity index (χ1) is 14.9. The van der Waals surface area contributed by atoms with Crippen LogP contribution in [0, 0.1) is 5.92 Å². The van der Waals surface area contributed by atoms with Crippen LogP contribution in [0.1, 0.15) is 43.2 Å². The molecule has 7 nitrogen and oxygen atoms in total. The van der Waals surface area contributed by atoms with E-state index in [4.69, 9.17) is 9.47 Å². The Hall–Kier alpha value is -3.35. The van der Waals surface area contributed by atoms with Crippen LogP contribution in [0.15, 0.2) is 48.5 Å². The Balaban J connectivity index is 1.38. The van der Waals surface area contributed by atoms with Gasteiger partial charge in [-0.25, -0.2) is 9.59 Å². The first-order valence-electron chi connectivity index (χ1n) is 10.5. The van der Waals surface area contributed by atoms with Crippen LogP contribution < -0.4 is 5.32 Å². The molecule has 2 aliphatic rings. The highest BCUT2D eigenvalue weighted by Crippen LogP contribution is 2.45. The zero-order valence-corrected chi connectivity index (χ0v) is 17.3. The third-order valence-corrected chi connectivity index (χ3v) is 6.13. The van der Waals surface area contributed by atoms with E-state index < -0.39 is 17.6 Å². The lowest BCUT2D eigenvalue weighted by Crippen LogP contribution is -2.62. The summed E-state index contributed by atoms with van der Waals surface area (Å²) in [7, 11) is 0. The van der Waals surface area contributed by atoms with Crippen LogP contribution in [0.3, 0.4) is 0 Å². The number of carbonyl (C=O) groups excluding carboxylic acids is 2. The van der Waals surface area contributed by atoms with E-state index >= 15 is 0 Å². The molecule has 1 saturated carbocycles. The second-order valence-electron chi connectivity index (χ2n) is 8.12. The van der Waals surface area contributed by atoms with Gasteiger partial charge in [0, 0.05) is 12.3 Å². The minimum Gasteiger partial charge on any atom is -0.480 e. The number of carboxylic acids is 1. The number of esters is 1. The van der Waals surface area contributed by atoms with Crippen LogP contribution in [0.5, 0.6) is 0 Å². The number of nitrogens with one attached hydrogen (secondary N) is 1. The summed E-state index contributed by atoms with van der Waals surface area (Å²) < 4.78 is 10.4.